The van der Waals surface area contributed by atoms with Gasteiger partial charge in [0.1, 0.15) is 9.96 Å². The largest absolute Gasteiger partial charge is 0.496 e. The van der Waals surface area contributed by atoms with Crippen LogP contribution < -0.4 is 14.8 Å². The molecule has 0 radical (unpaired) electrons. The number of ether oxygens (including phenoxy) is 1. The second-order valence-electron chi connectivity index (χ2n) is 6.84. The molecule has 2 aromatic carbocycles. The van der Waals surface area contributed by atoms with Crippen LogP contribution in [0.5, 0.6) is 5.75 Å². The zero-order valence-corrected chi connectivity index (χ0v) is 19.3. The van der Waals surface area contributed by atoms with E-state index in [4.69, 9.17) is 16.3 Å². The molecule has 2 N–H and O–H groups in total. The quantitative estimate of drug-likeness (QED) is 0.347. The number of nitrogens with one attached hydrogen (secondary N) is 2. The lowest BCUT2D eigenvalue weighted by Gasteiger charge is -2.07. The summed E-state index contributed by atoms with van der Waals surface area (Å²) in [5.74, 6) is 0.667. The maximum Gasteiger partial charge on any atom is 0.272 e. The minimum Gasteiger partial charge on any atom is -0.496 e. The molecule has 2 heterocycles. The van der Waals surface area contributed by atoms with Crippen molar-refractivity contribution >= 4 is 56.1 Å². The van der Waals surface area contributed by atoms with Gasteiger partial charge in [-0.25, -0.2) is 8.42 Å². The van der Waals surface area contributed by atoms with Crippen LogP contribution in [0.3, 0.4) is 0 Å². The summed E-state index contributed by atoms with van der Waals surface area (Å²) in [4.78, 5) is 10.6. The fraction of sp³-hybridized carbons (Fsp3) is 0.143. The number of rotatable bonds is 9. The zero-order chi connectivity index (χ0) is 22.7. The highest BCUT2D eigenvalue weighted by Crippen LogP contribution is 2.35. The number of thiophene rings is 1. The summed E-state index contributed by atoms with van der Waals surface area (Å²) in [7, 11) is -2.35. The van der Waals surface area contributed by atoms with Gasteiger partial charge in [0.2, 0.25) is 6.41 Å². The molecule has 0 unspecified atom stereocenters. The Balaban J connectivity index is 1.74. The van der Waals surface area contributed by atoms with E-state index in [1.165, 1.54) is 19.2 Å². The van der Waals surface area contributed by atoms with Gasteiger partial charge in [0, 0.05) is 6.54 Å². The number of methoxy groups -OCH3 is 1. The lowest BCUT2D eigenvalue weighted by Crippen LogP contribution is -2.13. The Kier molecular flexibility index (Phi) is 6.35. The van der Waals surface area contributed by atoms with Crippen molar-refractivity contribution in [3.05, 3.63) is 70.1 Å². The lowest BCUT2D eigenvalue weighted by molar-refractivity contribution is -0.109. The van der Waals surface area contributed by atoms with E-state index in [1.54, 1.807) is 10.7 Å². The molecule has 0 aliphatic carbocycles. The third kappa shape index (κ3) is 4.57. The summed E-state index contributed by atoms with van der Waals surface area (Å²) in [5.41, 5.74) is 2.60. The molecule has 0 aliphatic heterocycles. The number of carbonyl (C=O) groups is 1. The number of halogens is 1. The average Bonchev–Trinajstić information content (AvgIpc) is 3.37. The van der Waals surface area contributed by atoms with Gasteiger partial charge >= 0.3 is 0 Å². The number of aromatic nitrogens is 2. The lowest BCUT2D eigenvalue weighted by atomic mass is 10.1. The standard InChI is InChI=1S/C21H19ClN4O4S2/c1-30-17-7-3-6-16-20(17)21(25-32(28,29)19-9-8-18(22)31-19)24-26(16)12-15-5-2-4-14(10-15)11-23-13-27/h2-10,13H,11-12H2,1H3,(H,23,27)(H,24,25). The Morgan fingerprint density at radius 3 is 2.66 bits per heavy atom. The Hall–Kier alpha value is -3.08. The molecule has 0 aliphatic rings. The Morgan fingerprint density at radius 2 is 1.94 bits per heavy atom. The Morgan fingerprint density at radius 1 is 1.16 bits per heavy atom. The van der Waals surface area contributed by atoms with Gasteiger partial charge in [0.05, 0.1) is 28.9 Å². The van der Waals surface area contributed by atoms with Crippen LogP contribution in [0.4, 0.5) is 5.82 Å². The number of sulfonamides is 1. The molecule has 0 saturated carbocycles. The molecular formula is C21H19ClN4O4S2. The normalized spacial score (nSPS) is 11.4. The van der Waals surface area contributed by atoms with Crippen LogP contribution in [0.1, 0.15) is 11.1 Å². The van der Waals surface area contributed by atoms with E-state index in [9.17, 15) is 13.2 Å². The fourth-order valence-corrected chi connectivity index (χ4v) is 5.84. The molecule has 11 heteroatoms. The van der Waals surface area contributed by atoms with Crippen molar-refractivity contribution in [1.29, 1.82) is 0 Å². The summed E-state index contributed by atoms with van der Waals surface area (Å²) < 4.78 is 36.0. The van der Waals surface area contributed by atoms with Crippen molar-refractivity contribution in [2.75, 3.05) is 11.8 Å². The van der Waals surface area contributed by atoms with E-state index in [1.807, 2.05) is 36.4 Å². The number of nitrogens with zero attached hydrogens (tertiary/aromatic N) is 2. The Labute approximate surface area is 193 Å². The highest BCUT2D eigenvalue weighted by Gasteiger charge is 2.23. The van der Waals surface area contributed by atoms with Crippen LogP contribution in [0.2, 0.25) is 4.34 Å². The predicted molar refractivity (Wildman–Crippen MR) is 125 cm³/mol. The number of fused-ring (bicyclic) bond motifs is 1. The third-order valence-corrected chi connectivity index (χ3v) is 7.78. The van der Waals surface area contributed by atoms with E-state index in [0.717, 1.165) is 22.5 Å². The predicted octanol–water partition coefficient (Wildman–Crippen LogP) is 3.85. The number of benzene rings is 2. The summed E-state index contributed by atoms with van der Waals surface area (Å²) in [6.45, 7) is 0.810. The van der Waals surface area contributed by atoms with Gasteiger partial charge < -0.3 is 10.1 Å². The van der Waals surface area contributed by atoms with Gasteiger partial charge in [-0.15, -0.1) is 11.3 Å². The molecule has 1 amide bonds. The smallest absolute Gasteiger partial charge is 0.272 e. The highest BCUT2D eigenvalue weighted by atomic mass is 35.5. The van der Waals surface area contributed by atoms with Crippen LogP contribution in [0, 0.1) is 0 Å². The minimum atomic E-state index is -3.87. The van der Waals surface area contributed by atoms with E-state index in [0.29, 0.717) is 40.5 Å². The topological polar surface area (TPSA) is 102 Å². The van der Waals surface area contributed by atoms with Crippen molar-refractivity contribution in [3.8, 4) is 5.75 Å². The highest BCUT2D eigenvalue weighted by molar-refractivity contribution is 7.94. The molecule has 0 atom stereocenters. The van der Waals surface area contributed by atoms with Crippen LogP contribution in [-0.4, -0.2) is 31.7 Å². The zero-order valence-electron chi connectivity index (χ0n) is 16.9. The molecule has 0 bridgehead atoms. The molecule has 8 nitrogen and oxygen atoms in total. The second kappa shape index (κ2) is 9.19. The minimum absolute atomic E-state index is 0.0930. The molecule has 0 fully saturated rings. The first kappa shape index (κ1) is 22.1. The monoisotopic (exact) mass is 490 g/mol. The number of hydrogen-bond acceptors (Lipinski definition) is 6. The van der Waals surface area contributed by atoms with E-state index >= 15 is 0 Å². The Bertz CT molecular complexity index is 1380. The average molecular weight is 491 g/mol. The van der Waals surface area contributed by atoms with Crippen molar-refractivity contribution in [2.24, 2.45) is 0 Å². The van der Waals surface area contributed by atoms with Gasteiger partial charge in [-0.3, -0.25) is 14.2 Å². The SMILES string of the molecule is COc1cccc2c1c(NS(=O)(=O)c1ccc(Cl)s1)nn2Cc1cccc(CNC=O)c1. The first-order valence-electron chi connectivity index (χ1n) is 9.48. The van der Waals surface area contributed by atoms with Gasteiger partial charge in [-0.05, 0) is 35.4 Å². The van der Waals surface area contributed by atoms with Gasteiger partial charge in [-0.1, -0.05) is 41.9 Å². The molecule has 32 heavy (non-hydrogen) atoms. The van der Waals surface area contributed by atoms with Crippen molar-refractivity contribution in [2.45, 2.75) is 17.3 Å². The maximum absolute atomic E-state index is 12.9. The molecule has 0 saturated heterocycles. The number of carbonyl (C=O) groups excluding carboxylic acids is 1. The molecule has 4 aromatic rings. The summed E-state index contributed by atoms with van der Waals surface area (Å²) in [5, 5.41) is 7.75. The summed E-state index contributed by atoms with van der Waals surface area (Å²) in [6, 6.07) is 16.1. The molecule has 0 spiro atoms. The molecule has 2 aromatic heterocycles. The number of hydrogen-bond donors (Lipinski definition) is 2. The van der Waals surface area contributed by atoms with Crippen molar-refractivity contribution in [3.63, 3.8) is 0 Å². The fourth-order valence-electron chi connectivity index (χ4n) is 3.35. The van der Waals surface area contributed by atoms with Crippen molar-refractivity contribution in [1.82, 2.24) is 15.1 Å². The molecule has 4 rings (SSSR count). The van der Waals surface area contributed by atoms with Gasteiger partial charge in [0.15, 0.2) is 5.82 Å². The van der Waals surface area contributed by atoms with Crippen LogP contribution >= 0.6 is 22.9 Å². The van der Waals surface area contributed by atoms with Crippen LogP contribution in [0.25, 0.3) is 10.9 Å². The van der Waals surface area contributed by atoms with E-state index < -0.39 is 10.0 Å². The maximum atomic E-state index is 12.9. The molecular weight excluding hydrogens is 472 g/mol. The van der Waals surface area contributed by atoms with Crippen LogP contribution in [0.15, 0.2) is 58.8 Å². The van der Waals surface area contributed by atoms with Crippen LogP contribution in [-0.2, 0) is 27.9 Å². The van der Waals surface area contributed by atoms with E-state index in [2.05, 4.69) is 15.1 Å². The molecule has 166 valence electrons. The summed E-state index contributed by atoms with van der Waals surface area (Å²) in [6.07, 6.45) is 0.652. The van der Waals surface area contributed by atoms with Gasteiger partial charge in [-0.2, -0.15) is 5.10 Å². The number of anilines is 1. The van der Waals surface area contributed by atoms with Gasteiger partial charge in [0.25, 0.3) is 10.0 Å². The van der Waals surface area contributed by atoms with Crippen molar-refractivity contribution < 1.29 is 17.9 Å². The first-order chi connectivity index (χ1) is 15.4. The summed E-state index contributed by atoms with van der Waals surface area (Å²) >= 11 is 6.88. The number of amides is 1. The second-order valence-corrected chi connectivity index (χ2v) is 10.5. The first-order valence-corrected chi connectivity index (χ1v) is 12.2. The van der Waals surface area contributed by atoms with E-state index in [-0.39, 0.29) is 10.0 Å². The third-order valence-electron chi connectivity index (χ3n) is 4.72.